The molecule has 1 atom stereocenters. The van der Waals surface area contributed by atoms with Gasteiger partial charge in [-0.15, -0.1) is 10.2 Å². The van der Waals surface area contributed by atoms with Crippen molar-refractivity contribution in [2.24, 2.45) is 5.92 Å². The Kier molecular flexibility index (Phi) is 3.78. The zero-order chi connectivity index (χ0) is 13.9. The minimum absolute atomic E-state index is 0.631. The van der Waals surface area contributed by atoms with Crippen LogP contribution in [-0.2, 0) is 0 Å². The first kappa shape index (κ1) is 13.2. The van der Waals surface area contributed by atoms with Crippen LogP contribution in [0, 0.1) is 5.92 Å². The molecule has 1 saturated heterocycles. The molecule has 0 radical (unpaired) electrons. The molecule has 0 spiro atoms. The third-order valence-electron chi connectivity index (χ3n) is 3.96. The maximum absolute atomic E-state index is 4.49. The quantitative estimate of drug-likeness (QED) is 0.923. The molecule has 0 saturated carbocycles. The third-order valence-corrected chi connectivity index (χ3v) is 3.96. The molecule has 1 aromatic heterocycles. The molecule has 1 unspecified atom stereocenters. The van der Waals surface area contributed by atoms with Crippen molar-refractivity contribution in [3.63, 3.8) is 0 Å². The molecular formula is C15H21N5. The van der Waals surface area contributed by atoms with Crippen LogP contribution in [0.3, 0.4) is 0 Å². The van der Waals surface area contributed by atoms with Crippen LogP contribution in [0.4, 0.5) is 5.95 Å². The van der Waals surface area contributed by atoms with E-state index in [1.807, 2.05) is 24.3 Å². The maximum Gasteiger partial charge on any atom is 0.243 e. The number of anilines is 1. The van der Waals surface area contributed by atoms with Gasteiger partial charge in [0.2, 0.25) is 5.95 Å². The molecule has 0 amide bonds. The van der Waals surface area contributed by atoms with E-state index in [-0.39, 0.29) is 0 Å². The summed E-state index contributed by atoms with van der Waals surface area (Å²) in [6.45, 7) is 7.79. The van der Waals surface area contributed by atoms with E-state index in [4.69, 9.17) is 0 Å². The van der Waals surface area contributed by atoms with Crippen molar-refractivity contribution in [3.8, 4) is 0 Å². The molecule has 20 heavy (non-hydrogen) atoms. The summed E-state index contributed by atoms with van der Waals surface area (Å²) in [4.78, 5) is 7.01. The van der Waals surface area contributed by atoms with Gasteiger partial charge in [-0.2, -0.15) is 0 Å². The van der Waals surface area contributed by atoms with Crippen molar-refractivity contribution < 1.29 is 0 Å². The monoisotopic (exact) mass is 271 g/mol. The minimum atomic E-state index is 0.631. The fourth-order valence-electron chi connectivity index (χ4n) is 2.69. The van der Waals surface area contributed by atoms with Crippen LogP contribution in [0.15, 0.2) is 24.3 Å². The summed E-state index contributed by atoms with van der Waals surface area (Å²) in [5, 5.41) is 11.6. The Morgan fingerprint density at radius 2 is 2.05 bits per heavy atom. The molecule has 5 nitrogen and oxygen atoms in total. The molecule has 1 N–H and O–H groups in total. The van der Waals surface area contributed by atoms with Gasteiger partial charge >= 0.3 is 0 Å². The summed E-state index contributed by atoms with van der Waals surface area (Å²) in [5.74, 6) is 1.30. The number of nitrogens with zero attached hydrogens (tertiary/aromatic N) is 4. The summed E-state index contributed by atoms with van der Waals surface area (Å²) < 4.78 is 0. The number of rotatable bonds is 4. The van der Waals surface area contributed by atoms with E-state index in [0.717, 1.165) is 24.1 Å². The molecular weight excluding hydrogens is 250 g/mol. The number of likely N-dealkylation sites (tertiary alicyclic amines) is 1. The van der Waals surface area contributed by atoms with Crippen molar-refractivity contribution in [3.05, 3.63) is 24.3 Å². The zero-order valence-corrected chi connectivity index (χ0v) is 12.1. The van der Waals surface area contributed by atoms with Crippen molar-refractivity contribution in [2.75, 3.05) is 25.0 Å². The summed E-state index contributed by atoms with van der Waals surface area (Å²) >= 11 is 0. The Morgan fingerprint density at radius 3 is 2.80 bits per heavy atom. The Morgan fingerprint density at radius 1 is 1.25 bits per heavy atom. The van der Waals surface area contributed by atoms with E-state index in [0.29, 0.717) is 17.9 Å². The lowest BCUT2D eigenvalue weighted by atomic mass is 10.1. The summed E-state index contributed by atoms with van der Waals surface area (Å²) in [6.07, 6.45) is 1.24. The van der Waals surface area contributed by atoms with Gasteiger partial charge in [0.25, 0.3) is 0 Å². The van der Waals surface area contributed by atoms with Crippen LogP contribution in [0.1, 0.15) is 20.3 Å². The van der Waals surface area contributed by atoms with Crippen LogP contribution in [0.2, 0.25) is 0 Å². The Labute approximate surface area is 119 Å². The predicted octanol–water partition coefficient (Wildman–Crippen LogP) is 2.17. The lowest BCUT2D eigenvalue weighted by Crippen LogP contribution is -2.29. The fourth-order valence-corrected chi connectivity index (χ4v) is 2.69. The highest BCUT2D eigenvalue weighted by molar-refractivity contribution is 5.73. The average Bonchev–Trinajstić information content (AvgIpc) is 2.94. The Bertz CT molecular complexity index is 583. The number of para-hydroxylation sites is 1. The average molecular weight is 271 g/mol. The minimum Gasteiger partial charge on any atom is -0.353 e. The molecule has 3 rings (SSSR count). The van der Waals surface area contributed by atoms with Crippen LogP contribution in [0.25, 0.3) is 11.0 Å². The number of fused-ring (bicyclic) bond motifs is 1. The topological polar surface area (TPSA) is 53.9 Å². The van der Waals surface area contributed by atoms with Gasteiger partial charge in [-0.1, -0.05) is 12.1 Å². The zero-order valence-electron chi connectivity index (χ0n) is 12.1. The van der Waals surface area contributed by atoms with Crippen LogP contribution < -0.4 is 5.32 Å². The lowest BCUT2D eigenvalue weighted by molar-refractivity contribution is 0.266. The number of nitrogens with one attached hydrogen (secondary N) is 1. The van der Waals surface area contributed by atoms with Gasteiger partial charge in [-0.05, 0) is 44.9 Å². The molecule has 1 aliphatic rings. The number of aromatic nitrogens is 3. The first-order chi connectivity index (χ1) is 9.72. The van der Waals surface area contributed by atoms with Crippen molar-refractivity contribution in [2.45, 2.75) is 26.3 Å². The number of hydrogen-bond acceptors (Lipinski definition) is 5. The molecule has 1 aliphatic heterocycles. The van der Waals surface area contributed by atoms with Gasteiger partial charge in [0.15, 0.2) is 0 Å². The first-order valence-electron chi connectivity index (χ1n) is 7.30. The van der Waals surface area contributed by atoms with Gasteiger partial charge in [-0.3, -0.25) is 0 Å². The highest BCUT2D eigenvalue weighted by atomic mass is 15.2. The van der Waals surface area contributed by atoms with Gasteiger partial charge < -0.3 is 10.2 Å². The molecule has 1 fully saturated rings. The highest BCUT2D eigenvalue weighted by Crippen LogP contribution is 2.18. The third kappa shape index (κ3) is 2.88. The largest absolute Gasteiger partial charge is 0.353 e. The van der Waals surface area contributed by atoms with E-state index in [9.17, 15) is 0 Å². The second-order valence-corrected chi connectivity index (χ2v) is 5.75. The normalized spacial score (nSPS) is 19.9. The molecule has 5 heteroatoms. The molecule has 2 heterocycles. The molecule has 0 aliphatic carbocycles. The van der Waals surface area contributed by atoms with Gasteiger partial charge in [0.1, 0.15) is 5.52 Å². The summed E-state index contributed by atoms with van der Waals surface area (Å²) in [7, 11) is 0. The molecule has 2 aromatic rings. The second kappa shape index (κ2) is 5.71. The molecule has 0 bridgehead atoms. The van der Waals surface area contributed by atoms with Gasteiger partial charge in [0.05, 0.1) is 5.52 Å². The number of benzene rings is 1. The van der Waals surface area contributed by atoms with Crippen LogP contribution >= 0.6 is 0 Å². The smallest absolute Gasteiger partial charge is 0.243 e. The highest BCUT2D eigenvalue weighted by Gasteiger charge is 2.23. The standard InChI is InChI=1S/C15H21N5/c1-11(2)20-8-7-12(10-20)9-16-15-17-13-5-3-4-6-14(13)18-19-15/h3-6,11-12H,7-10H2,1-2H3,(H,16,17,19). The molecule has 106 valence electrons. The van der Waals surface area contributed by atoms with Crippen molar-refractivity contribution >= 4 is 17.0 Å². The van der Waals surface area contributed by atoms with E-state index >= 15 is 0 Å². The van der Waals surface area contributed by atoms with Gasteiger partial charge in [-0.25, -0.2) is 4.98 Å². The van der Waals surface area contributed by atoms with Gasteiger partial charge in [0, 0.05) is 19.1 Å². The van der Waals surface area contributed by atoms with E-state index < -0.39 is 0 Å². The van der Waals surface area contributed by atoms with Crippen molar-refractivity contribution in [1.29, 1.82) is 0 Å². The molecule has 1 aromatic carbocycles. The summed E-state index contributed by atoms with van der Waals surface area (Å²) in [6, 6.07) is 8.45. The summed E-state index contributed by atoms with van der Waals surface area (Å²) in [5.41, 5.74) is 1.73. The lowest BCUT2D eigenvalue weighted by Gasteiger charge is -2.20. The fraction of sp³-hybridized carbons (Fsp3) is 0.533. The Balaban J connectivity index is 1.60. The maximum atomic E-state index is 4.49. The SMILES string of the molecule is CC(C)N1CCC(CNc2nnc3ccccc3n2)C1. The van der Waals surface area contributed by atoms with Crippen molar-refractivity contribution in [1.82, 2.24) is 20.1 Å². The predicted molar refractivity (Wildman–Crippen MR) is 80.6 cm³/mol. The van der Waals surface area contributed by atoms with E-state index in [2.05, 4.69) is 39.2 Å². The second-order valence-electron chi connectivity index (χ2n) is 5.75. The number of hydrogen-bond donors (Lipinski definition) is 1. The van der Waals surface area contributed by atoms with E-state index in [1.54, 1.807) is 0 Å². The Hall–Kier alpha value is -1.75. The van der Waals surface area contributed by atoms with Crippen LogP contribution in [-0.4, -0.2) is 45.8 Å². The first-order valence-corrected chi connectivity index (χ1v) is 7.30. The van der Waals surface area contributed by atoms with E-state index in [1.165, 1.54) is 13.0 Å². The van der Waals surface area contributed by atoms with Crippen LogP contribution in [0.5, 0.6) is 0 Å².